The molecule has 8 nitrogen and oxygen atoms in total. The Kier molecular flexibility index (Phi) is 5.29. The number of ether oxygens (including phenoxy) is 1. The fourth-order valence-electron chi connectivity index (χ4n) is 11.5. The molecule has 3 aliphatic heterocycles. The number of aromatic nitrogens is 3. The Morgan fingerprint density at radius 2 is 1.74 bits per heavy atom. The van der Waals surface area contributed by atoms with E-state index in [0.29, 0.717) is 23.9 Å². The monoisotopic (exact) mass is 575 g/mol. The summed E-state index contributed by atoms with van der Waals surface area (Å²) in [6.45, 7) is 10.9. The van der Waals surface area contributed by atoms with Crippen molar-refractivity contribution in [2.75, 3.05) is 0 Å². The molecular formula is C34H45N3O5. The van der Waals surface area contributed by atoms with Crippen molar-refractivity contribution in [2.45, 2.75) is 115 Å². The zero-order chi connectivity index (χ0) is 29.6. The lowest BCUT2D eigenvalue weighted by atomic mass is 9.40. The molecule has 2 aromatic rings. The number of para-hydroxylation sites is 1. The molecule has 2 bridgehead atoms. The normalized spacial score (nSPS) is 45.0. The molecule has 2 N–H and O–H groups in total. The third-order valence-electron chi connectivity index (χ3n) is 13.4. The van der Waals surface area contributed by atoms with Crippen LogP contribution in [0.3, 0.4) is 0 Å². The highest BCUT2D eigenvalue weighted by Gasteiger charge is 2.81. The van der Waals surface area contributed by atoms with Gasteiger partial charge in [0, 0.05) is 11.8 Å². The molecule has 42 heavy (non-hydrogen) atoms. The highest BCUT2D eigenvalue weighted by molar-refractivity contribution is 5.40. The van der Waals surface area contributed by atoms with Gasteiger partial charge in [0.2, 0.25) is 0 Å². The molecule has 0 radical (unpaired) electrons. The van der Waals surface area contributed by atoms with Crippen LogP contribution in [0.5, 0.6) is 0 Å². The number of hydrogen-bond acceptors (Lipinski definition) is 5. The summed E-state index contributed by atoms with van der Waals surface area (Å²) in [4.78, 5) is 29.3. The second-order valence-electron chi connectivity index (χ2n) is 15.7. The first-order valence-corrected chi connectivity index (χ1v) is 16.1. The molecule has 4 aliphatic carbocycles. The largest absolute Gasteiger partial charge is 0.390 e. The van der Waals surface area contributed by atoms with Gasteiger partial charge in [-0.3, -0.25) is 0 Å². The van der Waals surface area contributed by atoms with Crippen LogP contribution in [0.1, 0.15) is 79.6 Å². The number of aliphatic hydroxyl groups is 2. The predicted molar refractivity (Wildman–Crippen MR) is 159 cm³/mol. The van der Waals surface area contributed by atoms with E-state index in [2.05, 4.69) is 32.9 Å². The third kappa shape index (κ3) is 2.99. The van der Waals surface area contributed by atoms with Crippen LogP contribution in [0.25, 0.3) is 5.69 Å². The van der Waals surface area contributed by atoms with E-state index in [-0.39, 0.29) is 40.8 Å². The van der Waals surface area contributed by atoms with E-state index in [1.165, 1.54) is 4.57 Å². The topological polar surface area (TPSA) is 102 Å². The van der Waals surface area contributed by atoms with E-state index in [9.17, 15) is 19.8 Å². The van der Waals surface area contributed by atoms with Gasteiger partial charge >= 0.3 is 11.4 Å². The molecule has 9 rings (SSSR count). The Labute approximate surface area is 247 Å². The number of epoxide rings is 1. The first kappa shape index (κ1) is 27.2. The second kappa shape index (κ2) is 8.19. The summed E-state index contributed by atoms with van der Waals surface area (Å²) in [5.74, 6) is 1.22. The Morgan fingerprint density at radius 3 is 2.45 bits per heavy atom. The zero-order valence-corrected chi connectivity index (χ0v) is 25.5. The third-order valence-corrected chi connectivity index (χ3v) is 13.4. The minimum atomic E-state index is -0.835. The standard InChI is InChI=1S/C34H45N3O5/c1-20(13-15-30(2,3)41)22-11-12-24-31(22,4)16-14-25-32(5)27-26(42-27)23(38)19-33(32)17-18-34(24,25)37-29(40)35(28(39)36(33)37)21-9-7-6-8-10-21/h6-10,17-18,20,22-27,38,41H,11-16,19H2,1-5H3/t20-,22-,23-,24-,25?,26+,27+,31-,32+,33-,34+/m1/s1. The number of rotatable bonds is 5. The molecule has 226 valence electrons. The Morgan fingerprint density at radius 1 is 1.02 bits per heavy atom. The Bertz CT molecular complexity index is 1600. The van der Waals surface area contributed by atoms with E-state index in [4.69, 9.17) is 4.74 Å². The molecule has 0 amide bonds. The van der Waals surface area contributed by atoms with E-state index < -0.39 is 28.2 Å². The van der Waals surface area contributed by atoms with Crippen molar-refractivity contribution in [2.24, 2.45) is 34.5 Å². The number of fused-ring (bicyclic) bond motifs is 2. The molecule has 3 saturated carbocycles. The van der Waals surface area contributed by atoms with Gasteiger partial charge in [0.25, 0.3) is 0 Å². The lowest BCUT2D eigenvalue weighted by molar-refractivity contribution is -0.195. The Hall–Kier alpha value is -2.42. The average molecular weight is 576 g/mol. The summed E-state index contributed by atoms with van der Waals surface area (Å²) < 4.78 is 11.3. The van der Waals surface area contributed by atoms with Crippen LogP contribution >= 0.6 is 0 Å². The number of allylic oxidation sites excluding steroid dienone is 2. The molecule has 4 heterocycles. The maximum Gasteiger partial charge on any atom is 0.352 e. The van der Waals surface area contributed by atoms with Gasteiger partial charge in [-0.25, -0.2) is 23.5 Å². The van der Waals surface area contributed by atoms with E-state index in [1.54, 1.807) is 4.68 Å². The van der Waals surface area contributed by atoms with Gasteiger partial charge in [-0.15, -0.1) is 0 Å². The minimum absolute atomic E-state index is 0.0132. The van der Waals surface area contributed by atoms with Crippen LogP contribution in [0.4, 0.5) is 0 Å². The maximum atomic E-state index is 14.7. The quantitative estimate of drug-likeness (QED) is 0.416. The van der Waals surface area contributed by atoms with Gasteiger partial charge in [-0.1, -0.05) is 51.1 Å². The predicted octanol–water partition coefficient (Wildman–Crippen LogP) is 3.94. The van der Waals surface area contributed by atoms with Crippen molar-refractivity contribution in [3.05, 3.63) is 63.5 Å². The fourth-order valence-corrected chi connectivity index (χ4v) is 11.5. The molecule has 2 spiro atoms. The summed E-state index contributed by atoms with van der Waals surface area (Å²) in [6.07, 6.45) is 9.67. The van der Waals surface area contributed by atoms with Crippen molar-refractivity contribution >= 4 is 0 Å². The van der Waals surface area contributed by atoms with Gasteiger partial charge in [0.15, 0.2) is 0 Å². The van der Waals surface area contributed by atoms with Gasteiger partial charge in [-0.2, -0.15) is 0 Å². The SMILES string of the molecule is C[C@H](CCC(C)(C)O)[C@H]1CC[C@@H]2[C@]1(C)CCC1[C@@]3(C)[C@H]4O[C@H]4[C@H](O)C[C@]34C=C[C@@]12n1c(=O)n(-c2ccccc2)c(=O)n14. The first-order chi connectivity index (χ1) is 19.8. The van der Waals surface area contributed by atoms with Crippen molar-refractivity contribution < 1.29 is 14.9 Å². The summed E-state index contributed by atoms with van der Waals surface area (Å²) in [5, 5.41) is 21.7. The van der Waals surface area contributed by atoms with Crippen LogP contribution in [-0.2, 0) is 15.8 Å². The molecular weight excluding hydrogens is 530 g/mol. The van der Waals surface area contributed by atoms with Crippen molar-refractivity contribution in [3.8, 4) is 5.69 Å². The van der Waals surface area contributed by atoms with Crippen LogP contribution in [0.15, 0.2) is 52.1 Å². The van der Waals surface area contributed by atoms with Crippen LogP contribution < -0.4 is 11.4 Å². The summed E-state index contributed by atoms with van der Waals surface area (Å²) >= 11 is 0. The number of aliphatic hydroxyl groups excluding tert-OH is 1. The molecule has 1 saturated heterocycles. The lowest BCUT2D eigenvalue weighted by Gasteiger charge is -2.70. The van der Waals surface area contributed by atoms with Crippen molar-refractivity contribution in [1.29, 1.82) is 0 Å². The zero-order valence-electron chi connectivity index (χ0n) is 25.5. The number of hydrogen-bond donors (Lipinski definition) is 2. The minimum Gasteiger partial charge on any atom is -0.390 e. The van der Waals surface area contributed by atoms with Crippen molar-refractivity contribution in [1.82, 2.24) is 13.9 Å². The van der Waals surface area contributed by atoms with E-state index in [1.807, 2.05) is 48.9 Å². The van der Waals surface area contributed by atoms with Crippen LogP contribution in [-0.4, -0.2) is 48.1 Å². The van der Waals surface area contributed by atoms with E-state index >= 15 is 0 Å². The molecule has 8 heteroatoms. The lowest BCUT2D eigenvalue weighted by Crippen LogP contribution is -2.78. The fraction of sp³-hybridized carbons (Fsp3) is 0.706. The molecule has 1 aromatic heterocycles. The highest BCUT2D eigenvalue weighted by atomic mass is 16.6. The smallest absolute Gasteiger partial charge is 0.352 e. The van der Waals surface area contributed by atoms with Crippen LogP contribution in [0.2, 0.25) is 0 Å². The molecule has 11 atom stereocenters. The van der Waals surface area contributed by atoms with Gasteiger partial charge in [0.05, 0.1) is 34.6 Å². The van der Waals surface area contributed by atoms with E-state index in [0.717, 1.165) is 38.5 Å². The average Bonchev–Trinajstić information content (AvgIpc) is 3.62. The first-order valence-electron chi connectivity index (χ1n) is 16.1. The van der Waals surface area contributed by atoms with Gasteiger partial charge in [-0.05, 0) is 93.6 Å². The van der Waals surface area contributed by atoms with Gasteiger partial charge in [0.1, 0.15) is 6.10 Å². The molecule has 1 aromatic carbocycles. The van der Waals surface area contributed by atoms with Crippen LogP contribution in [0, 0.1) is 34.5 Å². The number of nitrogens with zero attached hydrogens (tertiary/aromatic N) is 3. The van der Waals surface area contributed by atoms with Gasteiger partial charge < -0.3 is 14.9 Å². The molecule has 4 fully saturated rings. The summed E-state index contributed by atoms with van der Waals surface area (Å²) in [7, 11) is 0. The Balaban J connectivity index is 1.35. The second-order valence-corrected chi connectivity index (χ2v) is 15.7. The summed E-state index contributed by atoms with van der Waals surface area (Å²) in [5.41, 5.74) is -2.64. The summed E-state index contributed by atoms with van der Waals surface area (Å²) in [6, 6.07) is 9.27. The molecule has 7 aliphatic rings. The highest BCUT2D eigenvalue weighted by Crippen LogP contribution is 2.76. The maximum absolute atomic E-state index is 14.7. The number of benzene rings is 1. The molecule has 1 unspecified atom stereocenters. The van der Waals surface area contributed by atoms with Crippen molar-refractivity contribution in [3.63, 3.8) is 0 Å².